The van der Waals surface area contributed by atoms with E-state index in [1.165, 1.54) is 25.7 Å². The largest absolute Gasteiger partial charge is 0.508 e. The molecule has 2 unspecified atom stereocenters. The highest BCUT2D eigenvalue weighted by Crippen LogP contribution is 2.41. The van der Waals surface area contributed by atoms with Crippen molar-refractivity contribution in [2.45, 2.75) is 31.4 Å². The van der Waals surface area contributed by atoms with E-state index in [9.17, 15) is 9.59 Å². The van der Waals surface area contributed by atoms with Gasteiger partial charge in [-0.25, -0.2) is 24.1 Å². The minimum Gasteiger partial charge on any atom is -0.438 e. The SMILES string of the molecule is COC(=O)O[C@@H]1C(CNC(=O)c2ncc(Cl)s2)CCCC1n1c(-c2ccccc2F)nc2cnc(-c3ncn[nH]3)cc21. The third-order valence-electron chi connectivity index (χ3n) is 7.19. The molecule has 1 amide bonds. The number of nitrogens with one attached hydrogen (secondary N) is 2. The zero-order chi connectivity index (χ0) is 29.2. The molecule has 1 aromatic carbocycles. The number of halogens is 2. The highest BCUT2D eigenvalue weighted by molar-refractivity contribution is 7.17. The van der Waals surface area contributed by atoms with Crippen LogP contribution in [0, 0.1) is 11.7 Å². The maximum atomic E-state index is 15.2. The molecule has 0 aliphatic heterocycles. The van der Waals surface area contributed by atoms with Crippen LogP contribution in [0.5, 0.6) is 0 Å². The second kappa shape index (κ2) is 11.8. The van der Waals surface area contributed by atoms with Crippen molar-refractivity contribution < 1.29 is 23.5 Å². The lowest BCUT2D eigenvalue weighted by Crippen LogP contribution is -2.44. The number of rotatable bonds is 7. The molecular formula is C27H24ClFN8O4S. The van der Waals surface area contributed by atoms with Gasteiger partial charge >= 0.3 is 6.16 Å². The van der Waals surface area contributed by atoms with Crippen LogP contribution < -0.4 is 5.32 Å². The number of hydrogen-bond acceptors (Lipinski definition) is 10. The van der Waals surface area contributed by atoms with E-state index in [1.54, 1.807) is 30.5 Å². The van der Waals surface area contributed by atoms with Crippen LogP contribution >= 0.6 is 22.9 Å². The molecule has 6 rings (SSSR count). The molecule has 0 saturated heterocycles. The smallest absolute Gasteiger partial charge is 0.438 e. The van der Waals surface area contributed by atoms with Crippen LogP contribution in [-0.2, 0) is 9.47 Å². The Morgan fingerprint density at radius 3 is 2.81 bits per heavy atom. The summed E-state index contributed by atoms with van der Waals surface area (Å²) >= 11 is 7.02. The number of H-pyrrole nitrogens is 1. The number of thiazole rings is 1. The highest BCUT2D eigenvalue weighted by Gasteiger charge is 2.40. The second-order valence-electron chi connectivity index (χ2n) is 9.65. The fourth-order valence-corrected chi connectivity index (χ4v) is 6.17. The lowest BCUT2D eigenvalue weighted by molar-refractivity contribution is -0.0269. The van der Waals surface area contributed by atoms with Gasteiger partial charge in [0.15, 0.2) is 10.8 Å². The number of benzene rings is 1. The van der Waals surface area contributed by atoms with Crippen molar-refractivity contribution in [3.63, 3.8) is 0 Å². The Bertz CT molecular complexity index is 1740. The number of carbonyl (C=O) groups is 2. The van der Waals surface area contributed by atoms with Crippen molar-refractivity contribution >= 4 is 46.0 Å². The topological polar surface area (TPSA) is 150 Å². The van der Waals surface area contributed by atoms with Gasteiger partial charge < -0.3 is 19.4 Å². The van der Waals surface area contributed by atoms with Gasteiger partial charge in [-0.15, -0.1) is 0 Å². The molecule has 0 bridgehead atoms. The van der Waals surface area contributed by atoms with E-state index in [1.807, 2.05) is 4.57 Å². The second-order valence-corrected chi connectivity index (χ2v) is 11.3. The van der Waals surface area contributed by atoms with Gasteiger partial charge in [0.2, 0.25) is 0 Å². The Balaban J connectivity index is 1.44. The zero-order valence-electron chi connectivity index (χ0n) is 22.2. The molecule has 1 fully saturated rings. The fraction of sp³-hybridized carbons (Fsp3) is 0.296. The lowest BCUT2D eigenvalue weighted by atomic mass is 9.82. The summed E-state index contributed by atoms with van der Waals surface area (Å²) in [5.41, 5.74) is 1.95. The van der Waals surface area contributed by atoms with Crippen LogP contribution in [0.25, 0.3) is 33.9 Å². The molecule has 15 heteroatoms. The molecule has 4 aromatic heterocycles. The van der Waals surface area contributed by atoms with Crippen molar-refractivity contribution in [1.29, 1.82) is 0 Å². The van der Waals surface area contributed by atoms with Crippen molar-refractivity contribution in [2.75, 3.05) is 13.7 Å². The van der Waals surface area contributed by atoms with Crippen LogP contribution in [0.4, 0.5) is 9.18 Å². The van der Waals surface area contributed by atoms with Gasteiger partial charge in [-0.3, -0.25) is 14.9 Å². The van der Waals surface area contributed by atoms with Gasteiger partial charge in [0.05, 0.1) is 36.6 Å². The molecule has 42 heavy (non-hydrogen) atoms. The van der Waals surface area contributed by atoms with Crippen LogP contribution in [0.2, 0.25) is 4.34 Å². The fourth-order valence-electron chi connectivity index (χ4n) is 5.34. The summed E-state index contributed by atoms with van der Waals surface area (Å²) in [6.07, 6.45) is 4.74. The Labute approximate surface area is 247 Å². The van der Waals surface area contributed by atoms with E-state index in [-0.39, 0.29) is 28.9 Å². The molecule has 1 aliphatic carbocycles. The number of fused-ring (bicyclic) bond motifs is 1. The normalized spacial score (nSPS) is 18.6. The van der Waals surface area contributed by atoms with E-state index < -0.39 is 24.1 Å². The number of ether oxygens (including phenoxy) is 2. The van der Waals surface area contributed by atoms with Gasteiger partial charge in [-0.05, 0) is 31.0 Å². The first kappa shape index (κ1) is 27.7. The van der Waals surface area contributed by atoms with Gasteiger partial charge in [0.25, 0.3) is 5.91 Å². The average Bonchev–Trinajstić information content (AvgIpc) is 3.76. The summed E-state index contributed by atoms with van der Waals surface area (Å²) in [5.74, 6) is -0.335. The summed E-state index contributed by atoms with van der Waals surface area (Å²) in [6, 6.07) is 7.65. The summed E-state index contributed by atoms with van der Waals surface area (Å²) < 4.78 is 28.2. The molecule has 4 heterocycles. The lowest BCUT2D eigenvalue weighted by Gasteiger charge is -2.38. The molecule has 5 aromatic rings. The van der Waals surface area contributed by atoms with E-state index in [2.05, 4.69) is 30.5 Å². The maximum Gasteiger partial charge on any atom is 0.508 e. The standard InChI is InChI=1S/C27H24ClFN8O4S/c1-40-27(39)41-22-14(10-31-25(38)26-32-12-21(28)42-26)5-4-8-19(22)37-20-9-17(23-33-13-34-36-23)30-11-18(20)35-24(37)15-6-2-3-7-16(15)29/h2-3,6-7,9,11-14,19,22H,4-5,8,10H2,1H3,(H,31,38)(H,33,34,36)/t14?,19?,22-/m1/s1. The molecule has 0 radical (unpaired) electrons. The quantitative estimate of drug-likeness (QED) is 0.241. The number of aromatic nitrogens is 7. The molecular weight excluding hydrogens is 587 g/mol. The molecule has 0 spiro atoms. The predicted octanol–water partition coefficient (Wildman–Crippen LogP) is 5.06. The third kappa shape index (κ3) is 5.42. The minimum atomic E-state index is -0.865. The van der Waals surface area contributed by atoms with Crippen LogP contribution in [0.3, 0.4) is 0 Å². The Morgan fingerprint density at radius 1 is 1.21 bits per heavy atom. The van der Waals surface area contributed by atoms with Crippen molar-refractivity contribution in [2.24, 2.45) is 5.92 Å². The molecule has 1 aliphatic rings. The summed E-state index contributed by atoms with van der Waals surface area (Å²) in [4.78, 5) is 42.8. The minimum absolute atomic E-state index is 0.195. The molecule has 2 N–H and O–H groups in total. The number of imidazole rings is 1. The first-order chi connectivity index (χ1) is 20.4. The number of aromatic amines is 1. The van der Waals surface area contributed by atoms with Crippen molar-refractivity contribution in [1.82, 2.24) is 40.0 Å². The molecule has 216 valence electrons. The van der Waals surface area contributed by atoms with E-state index in [0.717, 1.165) is 17.8 Å². The summed E-state index contributed by atoms with van der Waals surface area (Å²) in [6.45, 7) is 0.195. The molecule has 1 saturated carbocycles. The van der Waals surface area contributed by atoms with Gasteiger partial charge in [-0.2, -0.15) is 5.10 Å². The Hall–Kier alpha value is -4.43. The summed E-state index contributed by atoms with van der Waals surface area (Å²) in [7, 11) is 1.23. The van der Waals surface area contributed by atoms with Crippen LogP contribution in [-0.4, -0.2) is 66.5 Å². The highest BCUT2D eigenvalue weighted by atomic mass is 35.5. The number of hydrogen-bond donors (Lipinski definition) is 2. The number of amides is 1. The van der Waals surface area contributed by atoms with Gasteiger partial charge in [0, 0.05) is 12.5 Å². The average molecular weight is 611 g/mol. The number of nitrogens with zero attached hydrogens (tertiary/aromatic N) is 6. The van der Waals surface area contributed by atoms with Crippen LogP contribution in [0.15, 0.2) is 49.1 Å². The summed E-state index contributed by atoms with van der Waals surface area (Å²) in [5, 5.41) is 9.84. The zero-order valence-corrected chi connectivity index (χ0v) is 23.7. The number of methoxy groups -OCH3 is 1. The first-order valence-electron chi connectivity index (χ1n) is 13.1. The van der Waals surface area contributed by atoms with Crippen molar-refractivity contribution in [3.8, 4) is 22.9 Å². The third-order valence-corrected chi connectivity index (χ3v) is 8.31. The molecule has 12 nitrogen and oxygen atoms in total. The van der Waals surface area contributed by atoms with E-state index in [0.29, 0.717) is 45.6 Å². The Kier molecular flexibility index (Phi) is 7.80. The molecule has 3 atom stereocenters. The predicted molar refractivity (Wildman–Crippen MR) is 151 cm³/mol. The first-order valence-corrected chi connectivity index (χ1v) is 14.2. The monoisotopic (exact) mass is 610 g/mol. The maximum absolute atomic E-state index is 15.2. The number of carbonyl (C=O) groups excluding carboxylic acids is 2. The Morgan fingerprint density at radius 2 is 2.07 bits per heavy atom. The van der Waals surface area contributed by atoms with Gasteiger partial charge in [-0.1, -0.05) is 41.5 Å². The van der Waals surface area contributed by atoms with Gasteiger partial charge in [0.1, 0.15) is 39.6 Å². The van der Waals surface area contributed by atoms with E-state index >= 15 is 4.39 Å². The number of pyridine rings is 1. The van der Waals surface area contributed by atoms with Crippen molar-refractivity contribution in [3.05, 3.63) is 64.2 Å². The van der Waals surface area contributed by atoms with Crippen LogP contribution in [0.1, 0.15) is 35.1 Å². The van der Waals surface area contributed by atoms with E-state index in [4.69, 9.17) is 26.1 Å².